The summed E-state index contributed by atoms with van der Waals surface area (Å²) in [5.41, 5.74) is 6.01. The third-order valence-corrected chi connectivity index (χ3v) is 4.41. The van der Waals surface area contributed by atoms with E-state index >= 15 is 0 Å². The van der Waals surface area contributed by atoms with Crippen molar-refractivity contribution in [2.45, 2.75) is 58.9 Å². The molecule has 0 aromatic heterocycles. The molecule has 3 N–H and O–H groups in total. The maximum atomic E-state index is 9.18. The van der Waals surface area contributed by atoms with Crippen LogP contribution in [-0.2, 0) is 0 Å². The van der Waals surface area contributed by atoms with Gasteiger partial charge in [0, 0.05) is 5.54 Å². The molecule has 1 aliphatic rings. The van der Waals surface area contributed by atoms with Crippen LogP contribution in [0.2, 0.25) is 0 Å². The quantitative estimate of drug-likeness (QED) is 0.811. The van der Waals surface area contributed by atoms with Gasteiger partial charge in [0.1, 0.15) is 0 Å². The third kappa shape index (κ3) is 5.25. The van der Waals surface area contributed by atoms with Gasteiger partial charge in [0.05, 0.1) is 6.61 Å². The molecule has 0 aromatic carbocycles. The van der Waals surface area contributed by atoms with Crippen molar-refractivity contribution in [2.24, 2.45) is 17.1 Å². The number of aliphatic hydroxyl groups is 1. The molecule has 1 saturated heterocycles. The Bertz CT molecular complexity index is 245. The minimum absolute atomic E-state index is 0.0749. The van der Waals surface area contributed by atoms with Crippen molar-refractivity contribution in [3.05, 3.63) is 0 Å². The van der Waals surface area contributed by atoms with E-state index in [0.717, 1.165) is 18.9 Å². The number of nitrogens with zero attached hydrogens (tertiary/aromatic N) is 1. The van der Waals surface area contributed by atoms with Crippen molar-refractivity contribution in [3.8, 4) is 0 Å². The fraction of sp³-hybridized carbons (Fsp3) is 1.00. The number of aliphatic hydroxyl groups excluding tert-OH is 1. The van der Waals surface area contributed by atoms with Gasteiger partial charge in [0.25, 0.3) is 0 Å². The maximum absolute atomic E-state index is 9.18. The van der Waals surface area contributed by atoms with E-state index in [1.807, 2.05) is 6.92 Å². The van der Waals surface area contributed by atoms with Crippen LogP contribution in [0.4, 0.5) is 0 Å². The van der Waals surface area contributed by atoms with Crippen LogP contribution in [0.1, 0.15) is 53.4 Å². The van der Waals surface area contributed by atoms with Crippen LogP contribution in [0.5, 0.6) is 0 Å². The molecule has 1 aliphatic heterocycles. The molecule has 1 heterocycles. The Labute approximate surface area is 113 Å². The Kier molecular flexibility index (Phi) is 5.63. The topological polar surface area (TPSA) is 49.5 Å². The van der Waals surface area contributed by atoms with E-state index in [9.17, 15) is 5.11 Å². The lowest BCUT2D eigenvalue weighted by molar-refractivity contribution is 0.171. The normalized spacial score (nSPS) is 26.7. The van der Waals surface area contributed by atoms with Gasteiger partial charge in [0.15, 0.2) is 0 Å². The highest BCUT2D eigenvalue weighted by molar-refractivity contribution is 4.82. The number of nitrogens with two attached hydrogens (primary N) is 1. The predicted molar refractivity (Wildman–Crippen MR) is 77.5 cm³/mol. The average Bonchev–Trinajstić information content (AvgIpc) is 2.51. The van der Waals surface area contributed by atoms with Crippen molar-refractivity contribution in [3.63, 3.8) is 0 Å². The lowest BCUT2D eigenvalue weighted by Gasteiger charge is -2.30. The summed E-state index contributed by atoms with van der Waals surface area (Å²) >= 11 is 0. The second kappa shape index (κ2) is 6.36. The molecule has 0 spiro atoms. The minimum atomic E-state index is -0.421. The highest BCUT2D eigenvalue weighted by Gasteiger charge is 2.27. The van der Waals surface area contributed by atoms with Crippen molar-refractivity contribution in [1.29, 1.82) is 0 Å². The smallest absolute Gasteiger partial charge is 0.0608 e. The molecule has 108 valence electrons. The molecule has 2 unspecified atom stereocenters. The Balaban J connectivity index is 2.38. The Morgan fingerprint density at radius 3 is 2.39 bits per heavy atom. The first-order chi connectivity index (χ1) is 8.24. The van der Waals surface area contributed by atoms with E-state index in [-0.39, 0.29) is 6.61 Å². The van der Waals surface area contributed by atoms with Crippen molar-refractivity contribution < 1.29 is 5.11 Å². The molecule has 1 fully saturated rings. The molecular weight excluding hydrogens is 224 g/mol. The van der Waals surface area contributed by atoms with Gasteiger partial charge in [-0.15, -0.1) is 0 Å². The van der Waals surface area contributed by atoms with E-state index in [2.05, 4.69) is 25.7 Å². The lowest BCUT2D eigenvalue weighted by atomic mass is 9.77. The van der Waals surface area contributed by atoms with Crippen LogP contribution < -0.4 is 5.73 Å². The summed E-state index contributed by atoms with van der Waals surface area (Å²) in [6.45, 7) is 12.5. The van der Waals surface area contributed by atoms with Crippen LogP contribution >= 0.6 is 0 Å². The molecule has 0 aromatic rings. The number of rotatable bonds is 4. The molecule has 18 heavy (non-hydrogen) atoms. The maximum Gasteiger partial charge on any atom is 0.0608 e. The second-order valence-electron chi connectivity index (χ2n) is 7.40. The predicted octanol–water partition coefficient (Wildman–Crippen LogP) is 2.23. The van der Waals surface area contributed by atoms with Crippen LogP contribution in [0, 0.1) is 11.3 Å². The molecule has 0 amide bonds. The third-order valence-electron chi connectivity index (χ3n) is 4.41. The van der Waals surface area contributed by atoms with E-state index in [1.54, 1.807) is 0 Å². The molecule has 0 aliphatic carbocycles. The van der Waals surface area contributed by atoms with Gasteiger partial charge in [-0.3, -0.25) is 0 Å². The van der Waals surface area contributed by atoms with Crippen LogP contribution in [0.25, 0.3) is 0 Å². The van der Waals surface area contributed by atoms with Gasteiger partial charge in [-0.05, 0) is 63.6 Å². The summed E-state index contributed by atoms with van der Waals surface area (Å²) in [5, 5.41) is 9.18. The summed E-state index contributed by atoms with van der Waals surface area (Å²) in [6, 6.07) is 0. The van der Waals surface area contributed by atoms with Crippen molar-refractivity contribution in [2.75, 3.05) is 26.2 Å². The van der Waals surface area contributed by atoms with Gasteiger partial charge in [-0.1, -0.05) is 20.8 Å². The van der Waals surface area contributed by atoms with Crippen LogP contribution in [0.15, 0.2) is 0 Å². The molecule has 0 saturated carbocycles. The van der Waals surface area contributed by atoms with Crippen molar-refractivity contribution in [1.82, 2.24) is 4.90 Å². The fourth-order valence-electron chi connectivity index (χ4n) is 2.74. The van der Waals surface area contributed by atoms with E-state index in [1.165, 1.54) is 32.4 Å². The SMILES string of the molecule is CC(N)(CO)CCN1CCCC(C(C)(C)C)CC1. The largest absolute Gasteiger partial charge is 0.394 e. The lowest BCUT2D eigenvalue weighted by Crippen LogP contribution is -2.43. The highest BCUT2D eigenvalue weighted by atomic mass is 16.3. The molecule has 2 atom stereocenters. The zero-order valence-electron chi connectivity index (χ0n) is 12.7. The summed E-state index contributed by atoms with van der Waals surface area (Å²) in [6.07, 6.45) is 4.82. The van der Waals surface area contributed by atoms with Crippen LogP contribution in [0.3, 0.4) is 0 Å². The van der Waals surface area contributed by atoms with Crippen molar-refractivity contribution >= 4 is 0 Å². The minimum Gasteiger partial charge on any atom is -0.394 e. The van der Waals surface area contributed by atoms with E-state index < -0.39 is 5.54 Å². The van der Waals surface area contributed by atoms with Crippen LogP contribution in [-0.4, -0.2) is 41.8 Å². The Morgan fingerprint density at radius 2 is 1.83 bits per heavy atom. The molecule has 1 rings (SSSR count). The zero-order chi connectivity index (χ0) is 13.8. The van der Waals surface area contributed by atoms with E-state index in [4.69, 9.17) is 5.73 Å². The molecular formula is C15H32N2O. The summed E-state index contributed by atoms with van der Waals surface area (Å²) < 4.78 is 0. The Hall–Kier alpha value is -0.120. The number of likely N-dealkylation sites (tertiary alicyclic amines) is 1. The Morgan fingerprint density at radius 1 is 1.17 bits per heavy atom. The van der Waals surface area contributed by atoms with Gasteiger partial charge in [0.2, 0.25) is 0 Å². The monoisotopic (exact) mass is 256 g/mol. The molecule has 0 radical (unpaired) electrons. The highest BCUT2D eigenvalue weighted by Crippen LogP contribution is 2.34. The summed E-state index contributed by atoms with van der Waals surface area (Å²) in [7, 11) is 0. The van der Waals surface area contributed by atoms with Gasteiger partial charge in [-0.25, -0.2) is 0 Å². The number of hydrogen-bond acceptors (Lipinski definition) is 3. The summed E-state index contributed by atoms with van der Waals surface area (Å²) in [5.74, 6) is 0.838. The van der Waals surface area contributed by atoms with Gasteiger partial charge < -0.3 is 15.7 Å². The number of hydrogen-bond donors (Lipinski definition) is 2. The average molecular weight is 256 g/mol. The standard InChI is InChI=1S/C15H32N2O/c1-14(2,3)13-6-5-9-17(10-7-13)11-8-15(4,16)12-18/h13,18H,5-12,16H2,1-4H3. The fourth-order valence-corrected chi connectivity index (χ4v) is 2.74. The molecule has 0 bridgehead atoms. The first-order valence-corrected chi connectivity index (χ1v) is 7.37. The molecule has 3 nitrogen and oxygen atoms in total. The van der Waals surface area contributed by atoms with E-state index in [0.29, 0.717) is 5.41 Å². The zero-order valence-corrected chi connectivity index (χ0v) is 12.7. The van der Waals surface area contributed by atoms with Gasteiger partial charge in [-0.2, -0.15) is 0 Å². The first kappa shape index (κ1) is 15.9. The van der Waals surface area contributed by atoms with Gasteiger partial charge >= 0.3 is 0 Å². The molecule has 3 heteroatoms. The first-order valence-electron chi connectivity index (χ1n) is 7.37. The summed E-state index contributed by atoms with van der Waals surface area (Å²) in [4.78, 5) is 2.52. The second-order valence-corrected chi connectivity index (χ2v) is 7.40.